The molecule has 8 heteroatoms. The molecule has 0 bridgehead atoms. The molecule has 116 valence electrons. The van der Waals surface area contributed by atoms with Crippen molar-refractivity contribution < 1.29 is 13.2 Å². The van der Waals surface area contributed by atoms with Gasteiger partial charge in [-0.25, -0.2) is 13.1 Å². The van der Waals surface area contributed by atoms with Crippen LogP contribution in [0.4, 0.5) is 0 Å². The Bertz CT molecular complexity index is 628. The number of hydrogen-bond donors (Lipinski definition) is 2. The van der Waals surface area contributed by atoms with Gasteiger partial charge in [-0.2, -0.15) is 0 Å². The minimum atomic E-state index is -3.81. The zero-order valence-electron chi connectivity index (χ0n) is 11.5. The minimum absolute atomic E-state index is 0.0458. The number of hydrogen-bond acceptors (Lipinski definition) is 4. The van der Waals surface area contributed by atoms with Crippen LogP contribution in [0, 0.1) is 0 Å². The predicted octanol–water partition coefficient (Wildman–Crippen LogP) is 0.699. The highest BCUT2D eigenvalue weighted by Gasteiger charge is 2.22. The number of nitrogens with two attached hydrogens (primary N) is 1. The van der Waals surface area contributed by atoms with Crippen molar-refractivity contribution in [3.8, 4) is 0 Å². The van der Waals surface area contributed by atoms with Crippen molar-refractivity contribution in [2.75, 3.05) is 19.6 Å². The molecule has 3 N–H and O–H groups in total. The molecule has 6 nitrogen and oxygen atoms in total. The second kappa shape index (κ2) is 6.74. The van der Waals surface area contributed by atoms with Crippen LogP contribution in [0.5, 0.6) is 0 Å². The van der Waals surface area contributed by atoms with Crippen LogP contribution in [0.15, 0.2) is 23.1 Å². The molecule has 1 heterocycles. The summed E-state index contributed by atoms with van der Waals surface area (Å²) in [7, 11) is -3.81. The SMILES string of the molecule is NCc1ccc(S(=O)(=O)NCC(=O)N2CCCC2)c(Cl)c1. The molecule has 1 aromatic rings. The number of likely N-dealkylation sites (tertiary alicyclic amines) is 1. The molecule has 1 aromatic carbocycles. The maximum Gasteiger partial charge on any atom is 0.242 e. The second-order valence-corrected chi connectivity index (χ2v) is 7.02. The van der Waals surface area contributed by atoms with Gasteiger partial charge in [-0.15, -0.1) is 0 Å². The third-order valence-corrected chi connectivity index (χ3v) is 5.28. The van der Waals surface area contributed by atoms with Crippen LogP contribution in [0.25, 0.3) is 0 Å². The van der Waals surface area contributed by atoms with E-state index >= 15 is 0 Å². The number of sulfonamides is 1. The van der Waals surface area contributed by atoms with Gasteiger partial charge < -0.3 is 10.6 Å². The fraction of sp³-hybridized carbons (Fsp3) is 0.462. The van der Waals surface area contributed by atoms with Crippen molar-refractivity contribution in [3.63, 3.8) is 0 Å². The predicted molar refractivity (Wildman–Crippen MR) is 80.3 cm³/mol. The van der Waals surface area contributed by atoms with Crippen molar-refractivity contribution in [1.82, 2.24) is 9.62 Å². The molecule has 0 spiro atoms. The molecule has 1 aliphatic heterocycles. The lowest BCUT2D eigenvalue weighted by atomic mass is 10.2. The monoisotopic (exact) mass is 331 g/mol. The average Bonchev–Trinajstić information content (AvgIpc) is 2.98. The van der Waals surface area contributed by atoms with Crippen LogP contribution in [-0.2, 0) is 21.4 Å². The summed E-state index contributed by atoms with van der Waals surface area (Å²) < 4.78 is 26.6. The molecule has 0 atom stereocenters. The molecule has 0 aliphatic carbocycles. The standard InChI is InChI=1S/C13H18ClN3O3S/c14-11-7-10(8-15)3-4-12(11)21(19,20)16-9-13(18)17-5-1-2-6-17/h3-4,7,16H,1-2,5-6,8-9,15H2. The molecule has 0 radical (unpaired) electrons. The summed E-state index contributed by atoms with van der Waals surface area (Å²) in [4.78, 5) is 13.5. The van der Waals surface area contributed by atoms with Crippen LogP contribution in [0.2, 0.25) is 5.02 Å². The van der Waals surface area contributed by atoms with E-state index in [1.165, 1.54) is 12.1 Å². The first kappa shape index (κ1) is 16.2. The van der Waals surface area contributed by atoms with Crippen LogP contribution in [0.3, 0.4) is 0 Å². The lowest BCUT2D eigenvalue weighted by Crippen LogP contribution is -2.38. The number of amides is 1. The van der Waals surface area contributed by atoms with Gasteiger partial charge in [-0.1, -0.05) is 17.7 Å². The zero-order chi connectivity index (χ0) is 15.5. The van der Waals surface area contributed by atoms with Crippen LogP contribution in [0.1, 0.15) is 18.4 Å². The van der Waals surface area contributed by atoms with E-state index in [9.17, 15) is 13.2 Å². The molecule has 1 amide bonds. The summed E-state index contributed by atoms with van der Waals surface area (Å²) in [5.41, 5.74) is 6.21. The van der Waals surface area contributed by atoms with Gasteiger partial charge >= 0.3 is 0 Å². The Balaban J connectivity index is 2.06. The third kappa shape index (κ3) is 3.94. The smallest absolute Gasteiger partial charge is 0.242 e. The molecule has 1 fully saturated rings. The largest absolute Gasteiger partial charge is 0.342 e. The molecule has 1 aliphatic rings. The van der Waals surface area contributed by atoms with Crippen LogP contribution >= 0.6 is 11.6 Å². The van der Waals surface area contributed by atoms with Gasteiger partial charge in [0.2, 0.25) is 15.9 Å². The number of rotatable bonds is 5. The van der Waals surface area contributed by atoms with Gasteiger partial charge in [0.05, 0.1) is 11.6 Å². The van der Waals surface area contributed by atoms with Gasteiger partial charge in [0, 0.05) is 19.6 Å². The highest BCUT2D eigenvalue weighted by molar-refractivity contribution is 7.89. The van der Waals surface area contributed by atoms with Gasteiger partial charge in [-0.3, -0.25) is 4.79 Å². The molecule has 1 saturated heterocycles. The first-order chi connectivity index (χ1) is 9.94. The number of nitrogens with zero attached hydrogens (tertiary/aromatic N) is 1. The summed E-state index contributed by atoms with van der Waals surface area (Å²) in [5.74, 6) is -0.217. The van der Waals surface area contributed by atoms with Crippen molar-refractivity contribution in [2.24, 2.45) is 5.73 Å². The lowest BCUT2D eigenvalue weighted by Gasteiger charge is -2.16. The quantitative estimate of drug-likeness (QED) is 0.830. The Hall–Kier alpha value is -1.15. The number of nitrogens with one attached hydrogen (secondary N) is 1. The highest BCUT2D eigenvalue weighted by atomic mass is 35.5. The summed E-state index contributed by atoms with van der Waals surface area (Å²) >= 11 is 5.97. The van der Waals surface area contributed by atoms with Gasteiger partial charge in [0.15, 0.2) is 0 Å². The zero-order valence-corrected chi connectivity index (χ0v) is 13.1. The van der Waals surface area contributed by atoms with E-state index in [1.54, 1.807) is 11.0 Å². The van der Waals surface area contributed by atoms with E-state index in [2.05, 4.69) is 4.72 Å². The molecule has 0 saturated carbocycles. The Morgan fingerprint density at radius 2 is 2.00 bits per heavy atom. The van der Waals surface area contributed by atoms with E-state index in [4.69, 9.17) is 17.3 Å². The lowest BCUT2D eigenvalue weighted by molar-refractivity contribution is -0.128. The summed E-state index contributed by atoms with van der Waals surface area (Å²) in [6.07, 6.45) is 1.93. The highest BCUT2D eigenvalue weighted by Crippen LogP contribution is 2.22. The topological polar surface area (TPSA) is 92.5 Å². The number of benzene rings is 1. The maximum atomic E-state index is 12.2. The summed E-state index contributed by atoms with van der Waals surface area (Å²) in [6.45, 7) is 1.40. The van der Waals surface area contributed by atoms with Gasteiger partial charge in [0.25, 0.3) is 0 Å². The third-order valence-electron chi connectivity index (χ3n) is 3.39. The first-order valence-corrected chi connectivity index (χ1v) is 8.56. The van der Waals surface area contributed by atoms with Gasteiger partial charge in [0.1, 0.15) is 4.90 Å². The molecule has 0 aromatic heterocycles. The molecular weight excluding hydrogens is 314 g/mol. The van der Waals surface area contributed by atoms with Crippen molar-refractivity contribution in [1.29, 1.82) is 0 Å². The molecular formula is C13H18ClN3O3S. The number of halogens is 1. The van der Waals surface area contributed by atoms with E-state index in [-0.39, 0.29) is 28.9 Å². The normalized spacial score (nSPS) is 15.4. The Kier molecular flexibility index (Phi) is 5.21. The van der Waals surface area contributed by atoms with E-state index in [0.29, 0.717) is 13.1 Å². The Morgan fingerprint density at radius 1 is 1.33 bits per heavy atom. The summed E-state index contributed by atoms with van der Waals surface area (Å²) in [6, 6.07) is 4.51. The van der Waals surface area contributed by atoms with Crippen LogP contribution < -0.4 is 10.5 Å². The van der Waals surface area contributed by atoms with Crippen molar-refractivity contribution in [2.45, 2.75) is 24.3 Å². The summed E-state index contributed by atoms with van der Waals surface area (Å²) in [5, 5.41) is 0.0964. The fourth-order valence-corrected chi connectivity index (χ4v) is 3.74. The maximum absolute atomic E-state index is 12.2. The fourth-order valence-electron chi connectivity index (χ4n) is 2.20. The molecule has 21 heavy (non-hydrogen) atoms. The van der Waals surface area contributed by atoms with Gasteiger partial charge in [-0.05, 0) is 30.5 Å². The number of carbonyl (C=O) groups excluding carboxylic acids is 1. The minimum Gasteiger partial charge on any atom is -0.342 e. The van der Waals surface area contributed by atoms with E-state index in [0.717, 1.165) is 18.4 Å². The first-order valence-electron chi connectivity index (χ1n) is 6.70. The Labute approximate surface area is 129 Å². The van der Waals surface area contributed by atoms with Crippen molar-refractivity contribution >= 4 is 27.5 Å². The van der Waals surface area contributed by atoms with Crippen molar-refractivity contribution in [3.05, 3.63) is 28.8 Å². The van der Waals surface area contributed by atoms with E-state index in [1.807, 2.05) is 0 Å². The van der Waals surface area contributed by atoms with E-state index < -0.39 is 10.0 Å². The van der Waals surface area contributed by atoms with Crippen LogP contribution in [-0.4, -0.2) is 38.9 Å². The Morgan fingerprint density at radius 3 is 2.57 bits per heavy atom. The number of carbonyl (C=O) groups is 1. The average molecular weight is 332 g/mol. The second-order valence-electron chi connectivity index (χ2n) is 4.88. The molecule has 0 unspecified atom stereocenters. The molecule has 2 rings (SSSR count).